The fourth-order valence-corrected chi connectivity index (χ4v) is 2.86. The van der Waals surface area contributed by atoms with Crippen molar-refractivity contribution >= 4 is 16.7 Å². The summed E-state index contributed by atoms with van der Waals surface area (Å²) in [5, 5.41) is 20.9. The van der Waals surface area contributed by atoms with Gasteiger partial charge in [-0.15, -0.1) is 0 Å². The lowest BCUT2D eigenvalue weighted by Gasteiger charge is -2.16. The van der Waals surface area contributed by atoms with Gasteiger partial charge in [0.2, 0.25) is 0 Å². The van der Waals surface area contributed by atoms with Crippen LogP contribution in [-0.4, -0.2) is 16.2 Å². The maximum absolute atomic E-state index is 11.3. The van der Waals surface area contributed by atoms with Crippen molar-refractivity contribution in [3.05, 3.63) is 66.2 Å². The number of benzene rings is 3. The first-order valence-corrected chi connectivity index (χ1v) is 7.59. The zero-order chi connectivity index (χ0) is 16.4. The molecule has 0 aliphatic heterocycles. The zero-order valence-electron chi connectivity index (χ0n) is 12.9. The van der Waals surface area contributed by atoms with Gasteiger partial charge in [0.05, 0.1) is 5.92 Å². The van der Waals surface area contributed by atoms with Crippen molar-refractivity contribution in [3.63, 3.8) is 0 Å². The van der Waals surface area contributed by atoms with Crippen LogP contribution in [0.3, 0.4) is 0 Å². The van der Waals surface area contributed by atoms with E-state index in [1.54, 1.807) is 19.1 Å². The Hall–Kier alpha value is -2.81. The summed E-state index contributed by atoms with van der Waals surface area (Å²) in [6, 6.07) is 19.1. The maximum Gasteiger partial charge on any atom is 0.306 e. The second-order valence-corrected chi connectivity index (χ2v) is 5.80. The summed E-state index contributed by atoms with van der Waals surface area (Å²) in [6.45, 7) is 1.73. The van der Waals surface area contributed by atoms with Crippen molar-refractivity contribution in [3.8, 4) is 16.9 Å². The minimum atomic E-state index is -0.797. The third kappa shape index (κ3) is 3.04. The monoisotopic (exact) mass is 306 g/mol. The minimum absolute atomic E-state index is 0.218. The summed E-state index contributed by atoms with van der Waals surface area (Å²) in [7, 11) is 0. The molecule has 0 fully saturated rings. The van der Waals surface area contributed by atoms with E-state index in [1.165, 1.54) is 0 Å². The Labute approximate surface area is 134 Å². The summed E-state index contributed by atoms with van der Waals surface area (Å²) < 4.78 is 0. The lowest BCUT2D eigenvalue weighted by molar-refractivity contribution is -0.141. The van der Waals surface area contributed by atoms with E-state index in [0.29, 0.717) is 6.42 Å². The van der Waals surface area contributed by atoms with E-state index in [4.69, 9.17) is 0 Å². The Kier molecular flexibility index (Phi) is 4.02. The molecule has 2 N–H and O–H groups in total. The number of fused-ring (bicyclic) bond motifs is 1. The molecule has 116 valence electrons. The van der Waals surface area contributed by atoms with Crippen LogP contribution in [-0.2, 0) is 11.2 Å². The van der Waals surface area contributed by atoms with Gasteiger partial charge in [-0.25, -0.2) is 0 Å². The first-order chi connectivity index (χ1) is 11.1. The van der Waals surface area contributed by atoms with Gasteiger partial charge in [0.15, 0.2) is 0 Å². The molecule has 0 amide bonds. The van der Waals surface area contributed by atoms with Gasteiger partial charge in [0.25, 0.3) is 0 Å². The number of aromatic hydroxyl groups is 1. The number of rotatable bonds is 4. The Morgan fingerprint density at radius 2 is 1.70 bits per heavy atom. The zero-order valence-corrected chi connectivity index (χ0v) is 12.9. The topological polar surface area (TPSA) is 57.5 Å². The second-order valence-electron chi connectivity index (χ2n) is 5.80. The molecule has 3 aromatic rings. The van der Waals surface area contributed by atoms with E-state index in [9.17, 15) is 15.0 Å². The van der Waals surface area contributed by atoms with Gasteiger partial charge < -0.3 is 10.2 Å². The van der Waals surface area contributed by atoms with Crippen LogP contribution in [0.5, 0.6) is 5.75 Å². The highest BCUT2D eigenvalue weighted by Gasteiger charge is 2.17. The fourth-order valence-electron chi connectivity index (χ4n) is 2.86. The standard InChI is InChI=1S/C20H18O3/c1-13(20(22)23)12-19-17-5-3-2-4-14(17)8-11-18(19)15-6-9-16(21)10-7-15/h2-11,13,21H,12H2,1H3,(H,22,23). The average Bonchev–Trinajstić information content (AvgIpc) is 2.56. The first-order valence-electron chi connectivity index (χ1n) is 7.59. The smallest absolute Gasteiger partial charge is 0.306 e. The second kappa shape index (κ2) is 6.13. The number of phenols is 1. The molecule has 3 aromatic carbocycles. The molecule has 0 radical (unpaired) electrons. The van der Waals surface area contributed by atoms with E-state index in [2.05, 4.69) is 0 Å². The van der Waals surface area contributed by atoms with Gasteiger partial charge in [0.1, 0.15) is 5.75 Å². The number of carbonyl (C=O) groups is 1. The third-order valence-electron chi connectivity index (χ3n) is 4.15. The predicted molar refractivity (Wildman–Crippen MR) is 91.6 cm³/mol. The van der Waals surface area contributed by atoms with Crippen LogP contribution in [0.1, 0.15) is 12.5 Å². The number of phenolic OH excluding ortho intramolecular Hbond substituents is 1. The molecule has 0 saturated heterocycles. The normalized spacial score (nSPS) is 12.2. The van der Waals surface area contributed by atoms with Crippen LogP contribution in [0.4, 0.5) is 0 Å². The lowest BCUT2D eigenvalue weighted by atomic mass is 9.89. The van der Waals surface area contributed by atoms with E-state index in [-0.39, 0.29) is 5.75 Å². The number of carboxylic acids is 1. The summed E-state index contributed by atoms with van der Waals surface area (Å²) in [4.78, 5) is 11.3. The Balaban J connectivity index is 2.20. The highest BCUT2D eigenvalue weighted by atomic mass is 16.4. The highest BCUT2D eigenvalue weighted by molar-refractivity contribution is 5.92. The van der Waals surface area contributed by atoms with E-state index in [1.807, 2.05) is 48.5 Å². The summed E-state index contributed by atoms with van der Waals surface area (Å²) in [6.07, 6.45) is 0.465. The third-order valence-corrected chi connectivity index (χ3v) is 4.15. The molecule has 3 rings (SSSR count). The van der Waals surface area contributed by atoms with Gasteiger partial charge in [-0.2, -0.15) is 0 Å². The van der Waals surface area contributed by atoms with Crippen LogP contribution in [0.25, 0.3) is 21.9 Å². The molecule has 0 heterocycles. The minimum Gasteiger partial charge on any atom is -0.508 e. The molecule has 1 atom stereocenters. The van der Waals surface area contributed by atoms with Crippen molar-refractivity contribution in [2.24, 2.45) is 5.92 Å². The molecule has 0 spiro atoms. The predicted octanol–water partition coefficient (Wildman–Crippen LogP) is 4.48. The van der Waals surface area contributed by atoms with E-state index in [0.717, 1.165) is 27.5 Å². The molecule has 0 aliphatic carbocycles. The van der Waals surface area contributed by atoms with Gasteiger partial charge >= 0.3 is 5.97 Å². The van der Waals surface area contributed by atoms with E-state index >= 15 is 0 Å². The van der Waals surface area contributed by atoms with Gasteiger partial charge in [-0.1, -0.05) is 55.5 Å². The number of hydrogen-bond donors (Lipinski definition) is 2. The fraction of sp³-hybridized carbons (Fsp3) is 0.150. The molecule has 0 aromatic heterocycles. The van der Waals surface area contributed by atoms with Crippen LogP contribution in [0, 0.1) is 5.92 Å². The Bertz CT molecular complexity index is 850. The molecule has 23 heavy (non-hydrogen) atoms. The first kappa shape index (κ1) is 15.1. The lowest BCUT2D eigenvalue weighted by Crippen LogP contribution is -2.13. The molecule has 3 nitrogen and oxygen atoms in total. The SMILES string of the molecule is CC(Cc1c(-c2ccc(O)cc2)ccc2ccccc12)C(=O)O. The summed E-state index contributed by atoms with van der Waals surface area (Å²) in [5.41, 5.74) is 3.02. The molecular weight excluding hydrogens is 288 g/mol. The van der Waals surface area contributed by atoms with Gasteiger partial charge in [-0.3, -0.25) is 4.79 Å². The Morgan fingerprint density at radius 3 is 2.39 bits per heavy atom. The molecular formula is C20H18O3. The van der Waals surface area contributed by atoms with Gasteiger partial charge in [-0.05, 0) is 46.0 Å². The van der Waals surface area contributed by atoms with Crippen LogP contribution in [0.2, 0.25) is 0 Å². The number of hydrogen-bond acceptors (Lipinski definition) is 2. The van der Waals surface area contributed by atoms with Crippen molar-refractivity contribution < 1.29 is 15.0 Å². The highest BCUT2D eigenvalue weighted by Crippen LogP contribution is 2.33. The molecule has 0 saturated carbocycles. The molecule has 0 aliphatic rings. The van der Waals surface area contributed by atoms with Crippen molar-refractivity contribution in [1.82, 2.24) is 0 Å². The van der Waals surface area contributed by atoms with Crippen LogP contribution >= 0.6 is 0 Å². The van der Waals surface area contributed by atoms with Crippen molar-refractivity contribution in [1.29, 1.82) is 0 Å². The summed E-state index contributed by atoms with van der Waals surface area (Å²) >= 11 is 0. The van der Waals surface area contributed by atoms with Gasteiger partial charge in [0, 0.05) is 0 Å². The van der Waals surface area contributed by atoms with Crippen LogP contribution in [0.15, 0.2) is 60.7 Å². The molecule has 1 unspecified atom stereocenters. The number of aliphatic carboxylic acids is 1. The average molecular weight is 306 g/mol. The Morgan fingerprint density at radius 1 is 1.00 bits per heavy atom. The quantitative estimate of drug-likeness (QED) is 0.747. The van der Waals surface area contributed by atoms with Crippen LogP contribution < -0.4 is 0 Å². The van der Waals surface area contributed by atoms with Crippen molar-refractivity contribution in [2.45, 2.75) is 13.3 Å². The van der Waals surface area contributed by atoms with E-state index < -0.39 is 11.9 Å². The number of carboxylic acid groups (broad SMARTS) is 1. The summed E-state index contributed by atoms with van der Waals surface area (Å²) in [5.74, 6) is -1.04. The molecule has 3 heteroatoms. The molecule has 0 bridgehead atoms. The maximum atomic E-state index is 11.3. The largest absolute Gasteiger partial charge is 0.508 e. The van der Waals surface area contributed by atoms with Crippen molar-refractivity contribution in [2.75, 3.05) is 0 Å².